The van der Waals surface area contributed by atoms with E-state index in [0.717, 1.165) is 19.3 Å². The van der Waals surface area contributed by atoms with Crippen molar-refractivity contribution in [1.29, 1.82) is 0 Å². The molecule has 4 rings (SSSR count). The number of fused-ring (bicyclic) bond motifs is 1. The van der Waals surface area contributed by atoms with Gasteiger partial charge in [-0.3, -0.25) is 9.59 Å². The molecule has 2 aliphatic rings. The number of amides is 1. The van der Waals surface area contributed by atoms with E-state index in [4.69, 9.17) is 14.2 Å². The lowest BCUT2D eigenvalue weighted by atomic mass is 9.71. The zero-order valence-corrected chi connectivity index (χ0v) is 17.9. The molecule has 0 radical (unpaired) electrons. The van der Waals surface area contributed by atoms with Crippen molar-refractivity contribution in [1.82, 2.24) is 5.32 Å². The fourth-order valence-electron chi connectivity index (χ4n) is 4.93. The molecule has 1 aliphatic heterocycles. The average molecular weight is 424 g/mol. The number of ether oxygens (including phenoxy) is 3. The number of hydrogen-bond acceptors (Lipinski definition) is 5. The predicted octanol–water partition coefficient (Wildman–Crippen LogP) is 3.67. The van der Waals surface area contributed by atoms with Crippen LogP contribution in [0.3, 0.4) is 0 Å². The highest BCUT2D eigenvalue weighted by atomic mass is 16.7. The van der Waals surface area contributed by atoms with Crippen molar-refractivity contribution in [2.24, 2.45) is 5.92 Å². The molecule has 1 heterocycles. The molecule has 0 aromatic heterocycles. The molecule has 2 aromatic rings. The van der Waals surface area contributed by atoms with Gasteiger partial charge in [0.15, 0.2) is 6.29 Å². The summed E-state index contributed by atoms with van der Waals surface area (Å²) in [5.74, 6) is -0.299. The van der Waals surface area contributed by atoms with Crippen LogP contribution in [0.5, 0.6) is 0 Å². The SMILES string of the molecule is CO[C@H]1O[C@H]2CC[C@H](c3ccccc3)C[C@H]2[C@H](OC(C)=O)[C@H]1NC(=O)c1ccccc1. The molecule has 0 spiro atoms. The van der Waals surface area contributed by atoms with Gasteiger partial charge < -0.3 is 19.5 Å². The molecule has 6 atom stereocenters. The fraction of sp³-hybridized carbons (Fsp3) is 0.440. The molecule has 1 aliphatic carbocycles. The Morgan fingerprint density at radius 1 is 1.00 bits per heavy atom. The molecule has 1 amide bonds. The molecule has 164 valence electrons. The lowest BCUT2D eigenvalue weighted by molar-refractivity contribution is -0.253. The summed E-state index contributed by atoms with van der Waals surface area (Å²) in [4.78, 5) is 24.9. The van der Waals surface area contributed by atoms with Gasteiger partial charge in [0.1, 0.15) is 12.1 Å². The van der Waals surface area contributed by atoms with Crippen LogP contribution in [0, 0.1) is 5.92 Å². The summed E-state index contributed by atoms with van der Waals surface area (Å²) in [6.07, 6.45) is 1.36. The summed E-state index contributed by atoms with van der Waals surface area (Å²) in [7, 11) is 1.55. The van der Waals surface area contributed by atoms with Gasteiger partial charge in [-0.1, -0.05) is 48.5 Å². The summed E-state index contributed by atoms with van der Waals surface area (Å²) >= 11 is 0. The standard InChI is InChI=1S/C25H29NO5/c1-16(27)30-23-20-15-19(17-9-5-3-6-10-17)13-14-21(20)31-25(29-2)22(23)26-24(28)18-11-7-4-8-12-18/h3-12,19-23,25H,13-15H2,1-2H3,(H,26,28)/t19-,20+,21-,22+,23-,25-/m0/s1. The molecule has 1 saturated heterocycles. The van der Waals surface area contributed by atoms with Crippen LogP contribution in [-0.4, -0.2) is 43.5 Å². The Morgan fingerprint density at radius 2 is 1.68 bits per heavy atom. The minimum Gasteiger partial charge on any atom is -0.460 e. The Morgan fingerprint density at radius 3 is 2.32 bits per heavy atom. The lowest BCUT2D eigenvalue weighted by Crippen LogP contribution is -2.63. The normalized spacial score (nSPS) is 30.1. The van der Waals surface area contributed by atoms with Gasteiger partial charge in [-0.2, -0.15) is 0 Å². The maximum Gasteiger partial charge on any atom is 0.302 e. The van der Waals surface area contributed by atoms with Gasteiger partial charge in [-0.05, 0) is 42.9 Å². The summed E-state index contributed by atoms with van der Waals surface area (Å²) < 4.78 is 17.7. The van der Waals surface area contributed by atoms with E-state index in [1.54, 1.807) is 19.2 Å². The van der Waals surface area contributed by atoms with Crippen molar-refractivity contribution in [3.05, 3.63) is 71.8 Å². The first-order chi connectivity index (χ1) is 15.1. The Kier molecular flexibility index (Phi) is 6.68. The van der Waals surface area contributed by atoms with Gasteiger partial charge in [-0.25, -0.2) is 0 Å². The van der Waals surface area contributed by atoms with E-state index in [-0.39, 0.29) is 23.9 Å². The minimum atomic E-state index is -0.688. The van der Waals surface area contributed by atoms with Crippen LogP contribution in [0.1, 0.15) is 48.0 Å². The summed E-state index contributed by atoms with van der Waals surface area (Å²) in [6, 6.07) is 18.8. The number of hydrogen-bond donors (Lipinski definition) is 1. The molecule has 6 nitrogen and oxygen atoms in total. The van der Waals surface area contributed by atoms with Crippen LogP contribution >= 0.6 is 0 Å². The second-order valence-electron chi connectivity index (χ2n) is 8.30. The largest absolute Gasteiger partial charge is 0.460 e. The highest BCUT2D eigenvalue weighted by Crippen LogP contribution is 2.44. The first kappa shape index (κ1) is 21.5. The van der Waals surface area contributed by atoms with Gasteiger partial charge in [-0.15, -0.1) is 0 Å². The van der Waals surface area contributed by atoms with Crippen molar-refractivity contribution in [3.8, 4) is 0 Å². The summed E-state index contributed by atoms with van der Waals surface area (Å²) in [5.41, 5.74) is 1.81. The Hall–Kier alpha value is -2.70. The number of nitrogens with one attached hydrogen (secondary N) is 1. The van der Waals surface area contributed by atoms with Crippen molar-refractivity contribution in [2.75, 3.05) is 7.11 Å². The van der Waals surface area contributed by atoms with E-state index < -0.39 is 18.4 Å². The third kappa shape index (κ3) is 4.81. The number of benzene rings is 2. The lowest BCUT2D eigenvalue weighted by Gasteiger charge is -2.49. The first-order valence-corrected chi connectivity index (χ1v) is 10.8. The maximum atomic E-state index is 12.9. The van der Waals surface area contributed by atoms with E-state index in [1.807, 2.05) is 36.4 Å². The molecule has 2 fully saturated rings. The van der Waals surface area contributed by atoms with Gasteiger partial charge in [0.05, 0.1) is 6.10 Å². The predicted molar refractivity (Wildman–Crippen MR) is 115 cm³/mol. The molecule has 6 heteroatoms. The Balaban J connectivity index is 1.60. The van der Waals surface area contributed by atoms with Crippen molar-refractivity contribution in [2.45, 2.75) is 56.6 Å². The molecule has 1 saturated carbocycles. The van der Waals surface area contributed by atoms with Gasteiger partial charge in [0.25, 0.3) is 5.91 Å². The zero-order valence-electron chi connectivity index (χ0n) is 17.9. The average Bonchev–Trinajstić information content (AvgIpc) is 2.80. The van der Waals surface area contributed by atoms with E-state index in [9.17, 15) is 9.59 Å². The van der Waals surface area contributed by atoms with Crippen LogP contribution in [0.2, 0.25) is 0 Å². The molecule has 1 N–H and O–H groups in total. The number of rotatable bonds is 5. The van der Waals surface area contributed by atoms with E-state index >= 15 is 0 Å². The van der Waals surface area contributed by atoms with Crippen LogP contribution in [0.25, 0.3) is 0 Å². The third-order valence-electron chi connectivity index (χ3n) is 6.35. The van der Waals surface area contributed by atoms with Gasteiger partial charge in [0.2, 0.25) is 0 Å². The maximum absolute atomic E-state index is 12.9. The van der Waals surface area contributed by atoms with Crippen LogP contribution < -0.4 is 5.32 Å². The Labute approximate surface area is 182 Å². The van der Waals surface area contributed by atoms with Crippen LogP contribution in [0.15, 0.2) is 60.7 Å². The number of methoxy groups -OCH3 is 1. The van der Waals surface area contributed by atoms with E-state index in [1.165, 1.54) is 12.5 Å². The zero-order chi connectivity index (χ0) is 21.8. The smallest absolute Gasteiger partial charge is 0.302 e. The molecule has 0 bridgehead atoms. The van der Waals surface area contributed by atoms with E-state index in [0.29, 0.717) is 11.5 Å². The van der Waals surface area contributed by atoms with Gasteiger partial charge in [0, 0.05) is 25.5 Å². The second kappa shape index (κ2) is 9.62. The summed E-state index contributed by atoms with van der Waals surface area (Å²) in [5, 5.41) is 3.01. The number of carbonyl (C=O) groups is 2. The van der Waals surface area contributed by atoms with Crippen LogP contribution in [0.4, 0.5) is 0 Å². The van der Waals surface area contributed by atoms with E-state index in [2.05, 4.69) is 17.4 Å². The third-order valence-corrected chi connectivity index (χ3v) is 6.35. The fourth-order valence-corrected chi connectivity index (χ4v) is 4.93. The number of esters is 1. The highest BCUT2D eigenvalue weighted by Gasteiger charge is 2.50. The van der Waals surface area contributed by atoms with Crippen molar-refractivity contribution < 1.29 is 23.8 Å². The highest BCUT2D eigenvalue weighted by molar-refractivity contribution is 5.94. The van der Waals surface area contributed by atoms with Crippen molar-refractivity contribution in [3.63, 3.8) is 0 Å². The first-order valence-electron chi connectivity index (χ1n) is 10.8. The van der Waals surface area contributed by atoms with Gasteiger partial charge >= 0.3 is 5.97 Å². The summed E-state index contributed by atoms with van der Waals surface area (Å²) in [6.45, 7) is 1.40. The topological polar surface area (TPSA) is 73.9 Å². The van der Waals surface area contributed by atoms with Crippen LogP contribution in [-0.2, 0) is 19.0 Å². The molecule has 31 heavy (non-hydrogen) atoms. The monoisotopic (exact) mass is 423 g/mol. The number of carbonyl (C=O) groups excluding carboxylic acids is 2. The molecular weight excluding hydrogens is 394 g/mol. The Bertz CT molecular complexity index is 887. The quantitative estimate of drug-likeness (QED) is 0.743. The second-order valence-corrected chi connectivity index (χ2v) is 8.30. The molecular formula is C25H29NO5. The van der Waals surface area contributed by atoms with Crippen molar-refractivity contribution >= 4 is 11.9 Å². The minimum absolute atomic E-state index is 0.0321. The molecule has 0 unspecified atom stereocenters. The molecule has 2 aromatic carbocycles.